The van der Waals surface area contributed by atoms with Crippen molar-refractivity contribution < 1.29 is 14.4 Å². The standard InChI is InChI=1S/C33H26N4O3S2/c38-30(37-33-36-29(21-42-33)24-13-6-2-7-14-24)22-41-27-18-10-17-26(20-27)34-32(40)28(19-23-11-4-1-5-12-23)35-31(39)25-15-8-3-9-16-25/h1-21H,22H2,(H,34,40)(H,35,39)(H,36,37,38)/b28-19-. The fourth-order valence-corrected chi connectivity index (χ4v) is 5.39. The SMILES string of the molecule is O=C(CSc1cccc(NC(=O)/C(=C/c2ccccc2)NC(=O)c2ccccc2)c1)Nc1nc(-c2ccccc2)cs1. The van der Waals surface area contributed by atoms with Crippen molar-refractivity contribution >= 4 is 57.7 Å². The minimum absolute atomic E-state index is 0.103. The van der Waals surface area contributed by atoms with Crippen molar-refractivity contribution in [3.05, 3.63) is 137 Å². The van der Waals surface area contributed by atoms with Crippen molar-refractivity contribution in [1.29, 1.82) is 0 Å². The summed E-state index contributed by atoms with van der Waals surface area (Å²) in [5.74, 6) is -0.871. The summed E-state index contributed by atoms with van der Waals surface area (Å²) in [7, 11) is 0. The number of amides is 3. The average molecular weight is 591 g/mol. The molecule has 0 unspecified atom stereocenters. The van der Waals surface area contributed by atoms with Crippen LogP contribution in [0.1, 0.15) is 15.9 Å². The van der Waals surface area contributed by atoms with Gasteiger partial charge in [0, 0.05) is 27.1 Å². The van der Waals surface area contributed by atoms with E-state index in [4.69, 9.17) is 0 Å². The fourth-order valence-electron chi connectivity index (χ4n) is 3.90. The second kappa shape index (κ2) is 14.1. The Morgan fingerprint density at radius 1 is 0.786 bits per heavy atom. The van der Waals surface area contributed by atoms with Crippen LogP contribution in [0.2, 0.25) is 0 Å². The molecular formula is C33H26N4O3S2. The highest BCUT2D eigenvalue weighted by Crippen LogP contribution is 2.26. The third-order valence-electron chi connectivity index (χ3n) is 5.92. The highest BCUT2D eigenvalue weighted by atomic mass is 32.2. The van der Waals surface area contributed by atoms with Gasteiger partial charge in [0.1, 0.15) is 5.70 Å². The van der Waals surface area contributed by atoms with Gasteiger partial charge < -0.3 is 16.0 Å². The van der Waals surface area contributed by atoms with Gasteiger partial charge in [-0.25, -0.2) is 4.98 Å². The van der Waals surface area contributed by atoms with Crippen LogP contribution in [0.25, 0.3) is 17.3 Å². The van der Waals surface area contributed by atoms with Crippen LogP contribution in [-0.2, 0) is 9.59 Å². The molecule has 3 N–H and O–H groups in total. The van der Waals surface area contributed by atoms with Crippen LogP contribution in [0.15, 0.2) is 131 Å². The molecule has 0 spiro atoms. The van der Waals surface area contributed by atoms with Crippen LogP contribution in [0, 0.1) is 0 Å². The van der Waals surface area contributed by atoms with Crippen molar-refractivity contribution in [2.24, 2.45) is 0 Å². The van der Waals surface area contributed by atoms with E-state index >= 15 is 0 Å². The summed E-state index contributed by atoms with van der Waals surface area (Å²) in [4.78, 5) is 44.0. The zero-order chi connectivity index (χ0) is 29.1. The average Bonchev–Trinajstić information content (AvgIpc) is 3.49. The summed E-state index contributed by atoms with van der Waals surface area (Å²) in [6.45, 7) is 0. The second-order valence-electron chi connectivity index (χ2n) is 9.01. The smallest absolute Gasteiger partial charge is 0.272 e. The fraction of sp³-hybridized carbons (Fsp3) is 0.0303. The molecule has 5 rings (SSSR count). The molecule has 0 saturated carbocycles. The highest BCUT2D eigenvalue weighted by Gasteiger charge is 2.16. The number of thiazole rings is 1. The second-order valence-corrected chi connectivity index (χ2v) is 10.9. The molecule has 0 aliphatic rings. The number of nitrogens with zero attached hydrogens (tertiary/aromatic N) is 1. The first kappa shape index (κ1) is 28.5. The van der Waals surface area contributed by atoms with Crippen molar-refractivity contribution in [2.75, 3.05) is 16.4 Å². The van der Waals surface area contributed by atoms with Gasteiger partial charge in [-0.2, -0.15) is 0 Å². The highest BCUT2D eigenvalue weighted by molar-refractivity contribution is 8.00. The minimum Gasteiger partial charge on any atom is -0.321 e. The van der Waals surface area contributed by atoms with Crippen LogP contribution in [0.3, 0.4) is 0 Å². The first-order valence-corrected chi connectivity index (χ1v) is 14.9. The Bertz CT molecular complexity index is 1710. The Morgan fingerprint density at radius 2 is 1.48 bits per heavy atom. The van der Waals surface area contributed by atoms with Crippen LogP contribution >= 0.6 is 23.1 Å². The Morgan fingerprint density at radius 3 is 2.21 bits per heavy atom. The number of hydrogen-bond acceptors (Lipinski definition) is 6. The predicted molar refractivity (Wildman–Crippen MR) is 170 cm³/mol. The van der Waals surface area contributed by atoms with E-state index in [1.54, 1.807) is 48.5 Å². The maximum absolute atomic E-state index is 13.3. The molecule has 0 bridgehead atoms. The maximum atomic E-state index is 13.3. The van der Waals surface area contributed by atoms with Crippen LogP contribution in [-0.4, -0.2) is 28.5 Å². The van der Waals surface area contributed by atoms with Gasteiger partial charge in [0.25, 0.3) is 11.8 Å². The Labute approximate surface area is 251 Å². The Hall–Kier alpha value is -4.99. The lowest BCUT2D eigenvalue weighted by atomic mass is 10.1. The van der Waals surface area contributed by atoms with Crippen LogP contribution < -0.4 is 16.0 Å². The lowest BCUT2D eigenvalue weighted by Crippen LogP contribution is -2.30. The van der Waals surface area contributed by atoms with Gasteiger partial charge in [-0.15, -0.1) is 23.1 Å². The van der Waals surface area contributed by atoms with Crippen molar-refractivity contribution in [3.63, 3.8) is 0 Å². The molecule has 0 atom stereocenters. The van der Waals surface area contributed by atoms with E-state index in [-0.39, 0.29) is 23.3 Å². The molecule has 42 heavy (non-hydrogen) atoms. The van der Waals surface area contributed by atoms with Gasteiger partial charge in [-0.3, -0.25) is 14.4 Å². The van der Waals surface area contributed by atoms with Crippen LogP contribution in [0.4, 0.5) is 10.8 Å². The number of hydrogen-bond donors (Lipinski definition) is 3. The van der Waals surface area contributed by atoms with Gasteiger partial charge in [0.05, 0.1) is 11.4 Å². The molecule has 0 aliphatic heterocycles. The number of rotatable bonds is 10. The van der Waals surface area contributed by atoms with Gasteiger partial charge in [0.15, 0.2) is 5.13 Å². The number of thioether (sulfide) groups is 1. The first-order valence-electron chi connectivity index (χ1n) is 13.0. The van der Waals surface area contributed by atoms with E-state index in [1.807, 2.05) is 78.2 Å². The normalized spacial score (nSPS) is 11.0. The maximum Gasteiger partial charge on any atom is 0.272 e. The number of anilines is 2. The summed E-state index contributed by atoms with van der Waals surface area (Å²) in [5.41, 5.74) is 3.64. The molecule has 5 aromatic rings. The molecule has 9 heteroatoms. The molecule has 1 aromatic heterocycles. The van der Waals surface area contributed by atoms with Gasteiger partial charge in [0.2, 0.25) is 5.91 Å². The molecule has 0 fully saturated rings. The molecule has 0 aliphatic carbocycles. The van der Waals surface area contributed by atoms with E-state index in [9.17, 15) is 14.4 Å². The lowest BCUT2D eigenvalue weighted by Gasteiger charge is -2.12. The number of carbonyl (C=O) groups excluding carboxylic acids is 3. The number of nitrogens with one attached hydrogen (secondary N) is 3. The third kappa shape index (κ3) is 8.03. The molecule has 0 saturated heterocycles. The van der Waals surface area contributed by atoms with E-state index in [1.165, 1.54) is 23.1 Å². The number of aromatic nitrogens is 1. The third-order valence-corrected chi connectivity index (χ3v) is 7.67. The zero-order valence-electron chi connectivity index (χ0n) is 22.3. The summed E-state index contributed by atoms with van der Waals surface area (Å²) >= 11 is 2.71. The Kier molecular flexibility index (Phi) is 9.56. The molecular weight excluding hydrogens is 565 g/mol. The van der Waals surface area contributed by atoms with E-state index < -0.39 is 5.91 Å². The summed E-state index contributed by atoms with van der Waals surface area (Å²) in [6.07, 6.45) is 1.63. The van der Waals surface area contributed by atoms with Crippen molar-refractivity contribution in [3.8, 4) is 11.3 Å². The molecule has 3 amide bonds. The number of benzene rings is 4. The summed E-state index contributed by atoms with van der Waals surface area (Å²) in [6, 6.07) is 35.0. The van der Waals surface area contributed by atoms with Crippen molar-refractivity contribution in [1.82, 2.24) is 10.3 Å². The van der Waals surface area contributed by atoms with E-state index in [0.717, 1.165) is 21.7 Å². The van der Waals surface area contributed by atoms with Crippen LogP contribution in [0.5, 0.6) is 0 Å². The topological polar surface area (TPSA) is 100 Å². The van der Waals surface area contributed by atoms with Gasteiger partial charge in [-0.1, -0.05) is 84.9 Å². The monoisotopic (exact) mass is 590 g/mol. The summed E-state index contributed by atoms with van der Waals surface area (Å²) in [5, 5.41) is 10.9. The quantitative estimate of drug-likeness (QED) is 0.121. The van der Waals surface area contributed by atoms with Gasteiger partial charge >= 0.3 is 0 Å². The molecule has 0 radical (unpaired) electrons. The van der Waals surface area contributed by atoms with Gasteiger partial charge in [-0.05, 0) is 42.0 Å². The predicted octanol–water partition coefficient (Wildman–Crippen LogP) is 6.95. The molecule has 7 nitrogen and oxygen atoms in total. The van der Waals surface area contributed by atoms with E-state index in [2.05, 4.69) is 20.9 Å². The minimum atomic E-state index is -0.471. The zero-order valence-corrected chi connectivity index (χ0v) is 24.0. The summed E-state index contributed by atoms with van der Waals surface area (Å²) < 4.78 is 0. The largest absolute Gasteiger partial charge is 0.321 e. The van der Waals surface area contributed by atoms with Crippen molar-refractivity contribution in [2.45, 2.75) is 4.90 Å². The molecule has 1 heterocycles. The number of carbonyl (C=O) groups is 3. The lowest BCUT2D eigenvalue weighted by molar-refractivity contribution is -0.114. The molecule has 208 valence electrons. The Balaban J connectivity index is 1.21. The van der Waals surface area contributed by atoms with E-state index in [0.29, 0.717) is 16.4 Å². The molecule has 4 aromatic carbocycles. The first-order chi connectivity index (χ1) is 20.5.